The standard InChI is InChI=1S/C27H22ClN3O4S/c1-3-11-35-17-8-6-7-16(13-17)24(32)22-23(19-9-4-5-10-29-19)31(26(34)25(22)33)27-30-20-14-18(28)15(2)12-21(20)36-27/h4-10,12-14,23,32H,3,11H2,1-2H3/b24-22+. The molecule has 1 saturated heterocycles. The second-order valence-electron chi connectivity index (χ2n) is 8.37. The van der Waals surface area contributed by atoms with Crippen molar-refractivity contribution in [1.29, 1.82) is 0 Å². The fourth-order valence-electron chi connectivity index (χ4n) is 4.10. The van der Waals surface area contributed by atoms with E-state index in [0.717, 1.165) is 16.7 Å². The van der Waals surface area contributed by atoms with Gasteiger partial charge in [0, 0.05) is 16.8 Å². The number of hydrogen-bond acceptors (Lipinski definition) is 7. The molecule has 0 spiro atoms. The van der Waals surface area contributed by atoms with Crippen LogP contribution in [0.5, 0.6) is 5.75 Å². The number of anilines is 1. The number of amides is 1. The first-order chi connectivity index (χ1) is 17.4. The Kier molecular flexibility index (Phi) is 6.47. The average Bonchev–Trinajstić information content (AvgIpc) is 3.40. The van der Waals surface area contributed by atoms with Crippen molar-refractivity contribution in [2.24, 2.45) is 0 Å². The lowest BCUT2D eigenvalue weighted by Crippen LogP contribution is -2.29. The van der Waals surface area contributed by atoms with E-state index in [1.54, 1.807) is 54.7 Å². The van der Waals surface area contributed by atoms with Crippen molar-refractivity contribution in [1.82, 2.24) is 9.97 Å². The van der Waals surface area contributed by atoms with Crippen LogP contribution in [-0.2, 0) is 9.59 Å². The highest BCUT2D eigenvalue weighted by atomic mass is 35.5. The molecule has 3 heterocycles. The van der Waals surface area contributed by atoms with Gasteiger partial charge in [-0.3, -0.25) is 19.5 Å². The zero-order valence-electron chi connectivity index (χ0n) is 19.6. The number of aliphatic hydroxyl groups excluding tert-OH is 1. The van der Waals surface area contributed by atoms with Gasteiger partial charge in [0.2, 0.25) is 0 Å². The maximum atomic E-state index is 13.4. The van der Waals surface area contributed by atoms with Gasteiger partial charge in [-0.1, -0.05) is 48.1 Å². The number of fused-ring (bicyclic) bond motifs is 1. The topological polar surface area (TPSA) is 92.6 Å². The number of carbonyl (C=O) groups excluding carboxylic acids is 2. The zero-order valence-corrected chi connectivity index (χ0v) is 21.1. The van der Waals surface area contributed by atoms with Gasteiger partial charge in [0.1, 0.15) is 17.6 Å². The molecule has 182 valence electrons. The molecule has 1 N–H and O–H groups in total. The third-order valence-electron chi connectivity index (χ3n) is 5.86. The van der Waals surface area contributed by atoms with E-state index < -0.39 is 17.7 Å². The number of nitrogens with zero attached hydrogens (tertiary/aromatic N) is 3. The Morgan fingerprint density at radius 3 is 2.75 bits per heavy atom. The van der Waals surface area contributed by atoms with E-state index in [2.05, 4.69) is 9.97 Å². The predicted octanol–water partition coefficient (Wildman–Crippen LogP) is 6.07. The fourth-order valence-corrected chi connectivity index (χ4v) is 5.33. The summed E-state index contributed by atoms with van der Waals surface area (Å²) in [5.74, 6) is -1.33. The van der Waals surface area contributed by atoms with Crippen LogP contribution in [0.2, 0.25) is 5.02 Å². The summed E-state index contributed by atoms with van der Waals surface area (Å²) in [6.45, 7) is 4.40. The Morgan fingerprint density at radius 2 is 2.00 bits per heavy atom. The van der Waals surface area contributed by atoms with Crippen molar-refractivity contribution in [2.45, 2.75) is 26.3 Å². The molecule has 36 heavy (non-hydrogen) atoms. The first kappa shape index (κ1) is 24.0. The second kappa shape index (κ2) is 9.72. The lowest BCUT2D eigenvalue weighted by Gasteiger charge is -2.22. The summed E-state index contributed by atoms with van der Waals surface area (Å²) in [5.41, 5.74) is 2.25. The van der Waals surface area contributed by atoms with Crippen LogP contribution in [0, 0.1) is 6.92 Å². The van der Waals surface area contributed by atoms with E-state index >= 15 is 0 Å². The molecular weight excluding hydrogens is 498 g/mol. The van der Waals surface area contributed by atoms with Gasteiger partial charge >= 0.3 is 5.91 Å². The van der Waals surface area contributed by atoms with Gasteiger partial charge in [-0.15, -0.1) is 0 Å². The SMILES string of the molecule is CCCOc1cccc(/C(O)=C2\C(=O)C(=O)N(c3nc4cc(Cl)c(C)cc4s3)C2c2ccccn2)c1. The van der Waals surface area contributed by atoms with Gasteiger partial charge in [-0.25, -0.2) is 4.98 Å². The molecule has 1 fully saturated rings. The zero-order chi connectivity index (χ0) is 25.4. The van der Waals surface area contributed by atoms with Crippen LogP contribution in [0.1, 0.15) is 36.2 Å². The van der Waals surface area contributed by atoms with E-state index in [1.807, 2.05) is 19.9 Å². The van der Waals surface area contributed by atoms with Crippen LogP contribution in [0.3, 0.4) is 0 Å². The quantitative estimate of drug-likeness (QED) is 0.189. The first-order valence-electron chi connectivity index (χ1n) is 11.4. The number of aliphatic hydroxyl groups is 1. The van der Waals surface area contributed by atoms with Crippen molar-refractivity contribution < 1.29 is 19.4 Å². The Balaban J connectivity index is 1.67. The first-order valence-corrected chi connectivity index (χ1v) is 12.6. The number of rotatable bonds is 6. The maximum absolute atomic E-state index is 13.4. The number of halogens is 1. The molecule has 1 atom stereocenters. The van der Waals surface area contributed by atoms with E-state index in [1.165, 1.54) is 16.2 Å². The molecule has 2 aromatic carbocycles. The highest BCUT2D eigenvalue weighted by molar-refractivity contribution is 7.22. The summed E-state index contributed by atoms with van der Waals surface area (Å²) < 4.78 is 6.51. The minimum atomic E-state index is -0.955. The molecule has 4 aromatic rings. The number of ether oxygens (including phenoxy) is 1. The summed E-state index contributed by atoms with van der Waals surface area (Å²) in [6, 6.07) is 14.7. The van der Waals surface area contributed by atoms with Crippen LogP contribution >= 0.6 is 22.9 Å². The van der Waals surface area contributed by atoms with Crippen molar-refractivity contribution in [3.05, 3.63) is 88.2 Å². The van der Waals surface area contributed by atoms with Crippen LogP contribution in [0.4, 0.5) is 5.13 Å². The largest absolute Gasteiger partial charge is 0.507 e. The van der Waals surface area contributed by atoms with Gasteiger partial charge in [-0.2, -0.15) is 0 Å². The average molecular weight is 520 g/mol. The monoisotopic (exact) mass is 519 g/mol. The summed E-state index contributed by atoms with van der Waals surface area (Å²) in [4.78, 5) is 37.1. The lowest BCUT2D eigenvalue weighted by atomic mass is 9.98. The predicted molar refractivity (Wildman–Crippen MR) is 141 cm³/mol. The van der Waals surface area contributed by atoms with Crippen LogP contribution in [0.25, 0.3) is 16.0 Å². The molecule has 5 rings (SSSR count). The minimum Gasteiger partial charge on any atom is -0.507 e. The number of aromatic nitrogens is 2. The lowest BCUT2D eigenvalue weighted by molar-refractivity contribution is -0.132. The minimum absolute atomic E-state index is 0.0557. The van der Waals surface area contributed by atoms with Gasteiger partial charge in [0.25, 0.3) is 5.78 Å². The van der Waals surface area contributed by atoms with E-state index in [-0.39, 0.29) is 11.3 Å². The molecule has 0 saturated carbocycles. The van der Waals surface area contributed by atoms with Crippen molar-refractivity contribution >= 4 is 55.7 Å². The summed E-state index contributed by atoms with van der Waals surface area (Å²) in [7, 11) is 0. The summed E-state index contributed by atoms with van der Waals surface area (Å²) in [5, 5.41) is 12.2. The second-order valence-corrected chi connectivity index (χ2v) is 9.78. The number of ketones is 1. The number of thiazole rings is 1. The molecule has 1 aliphatic rings. The number of carbonyl (C=O) groups is 2. The van der Waals surface area contributed by atoms with Gasteiger partial charge in [0.15, 0.2) is 5.13 Å². The molecule has 0 radical (unpaired) electrons. The molecule has 7 nitrogen and oxygen atoms in total. The summed E-state index contributed by atoms with van der Waals surface area (Å²) >= 11 is 7.55. The van der Waals surface area contributed by atoms with Crippen molar-refractivity contribution in [2.75, 3.05) is 11.5 Å². The Hall–Kier alpha value is -3.75. The molecule has 1 unspecified atom stereocenters. The molecular formula is C27H22ClN3O4S. The van der Waals surface area contributed by atoms with E-state index in [9.17, 15) is 14.7 Å². The molecule has 0 aliphatic carbocycles. The number of hydrogen-bond donors (Lipinski definition) is 1. The third kappa shape index (κ3) is 4.23. The fraction of sp³-hybridized carbons (Fsp3) is 0.185. The maximum Gasteiger partial charge on any atom is 0.301 e. The molecule has 1 amide bonds. The highest BCUT2D eigenvalue weighted by Gasteiger charge is 2.48. The normalized spacial score (nSPS) is 17.2. The number of pyridine rings is 1. The van der Waals surface area contributed by atoms with Gasteiger partial charge in [-0.05, 0) is 55.3 Å². The number of aryl methyl sites for hydroxylation is 1. The number of benzene rings is 2. The number of Topliss-reactive ketones (excluding diaryl/α,β-unsaturated/α-hetero) is 1. The Bertz CT molecular complexity index is 1480. The smallest absolute Gasteiger partial charge is 0.301 e. The van der Waals surface area contributed by atoms with Gasteiger partial charge in [0.05, 0.1) is 28.1 Å². The van der Waals surface area contributed by atoms with Crippen LogP contribution < -0.4 is 9.64 Å². The third-order valence-corrected chi connectivity index (χ3v) is 7.28. The van der Waals surface area contributed by atoms with E-state index in [4.69, 9.17) is 16.3 Å². The van der Waals surface area contributed by atoms with Crippen molar-refractivity contribution in [3.8, 4) is 5.75 Å². The highest BCUT2D eigenvalue weighted by Crippen LogP contribution is 2.44. The van der Waals surface area contributed by atoms with Crippen LogP contribution in [-0.4, -0.2) is 33.4 Å². The van der Waals surface area contributed by atoms with Crippen LogP contribution in [0.15, 0.2) is 66.4 Å². The molecule has 9 heteroatoms. The Morgan fingerprint density at radius 1 is 1.17 bits per heavy atom. The molecule has 0 bridgehead atoms. The molecule has 1 aliphatic heterocycles. The Labute approximate surface area is 216 Å². The van der Waals surface area contributed by atoms with E-state index in [0.29, 0.717) is 39.3 Å². The summed E-state index contributed by atoms with van der Waals surface area (Å²) in [6.07, 6.45) is 2.41. The van der Waals surface area contributed by atoms with Gasteiger partial charge < -0.3 is 9.84 Å². The van der Waals surface area contributed by atoms with Crippen molar-refractivity contribution in [3.63, 3.8) is 0 Å². The molecule has 2 aromatic heterocycles.